The van der Waals surface area contributed by atoms with Gasteiger partial charge in [-0.15, -0.1) is 16.4 Å². The van der Waals surface area contributed by atoms with Crippen molar-refractivity contribution in [2.45, 2.75) is 57.1 Å². The van der Waals surface area contributed by atoms with Crippen LogP contribution >= 0.6 is 23.1 Å². The molecule has 2 rings (SSSR count). The van der Waals surface area contributed by atoms with Crippen LogP contribution in [-0.4, -0.2) is 32.9 Å². The first-order valence-corrected chi connectivity index (χ1v) is 9.89. The number of aromatic nitrogens is 3. The van der Waals surface area contributed by atoms with Crippen LogP contribution in [-0.2, 0) is 11.2 Å². The molecule has 7 heteroatoms. The third-order valence-electron chi connectivity index (χ3n) is 3.41. The Kier molecular flexibility index (Phi) is 7.61. The van der Waals surface area contributed by atoms with Crippen molar-refractivity contribution in [3.63, 3.8) is 0 Å². The van der Waals surface area contributed by atoms with Crippen molar-refractivity contribution in [2.75, 3.05) is 5.75 Å². The van der Waals surface area contributed by atoms with Crippen molar-refractivity contribution < 1.29 is 4.79 Å². The molecule has 2 aromatic rings. The van der Waals surface area contributed by atoms with Gasteiger partial charge in [-0.25, -0.2) is 4.98 Å². The summed E-state index contributed by atoms with van der Waals surface area (Å²) in [6, 6.07) is 4.34. The Labute approximate surface area is 145 Å². The van der Waals surface area contributed by atoms with Gasteiger partial charge in [0.1, 0.15) is 5.82 Å². The Morgan fingerprint density at radius 1 is 1.48 bits per heavy atom. The summed E-state index contributed by atoms with van der Waals surface area (Å²) < 4.78 is 0. The summed E-state index contributed by atoms with van der Waals surface area (Å²) in [6.45, 7) is 4.24. The van der Waals surface area contributed by atoms with E-state index in [9.17, 15) is 4.79 Å². The van der Waals surface area contributed by atoms with E-state index in [0.717, 1.165) is 25.1 Å². The van der Waals surface area contributed by atoms with Crippen LogP contribution in [0.4, 0.5) is 0 Å². The zero-order valence-corrected chi connectivity index (χ0v) is 15.3. The maximum Gasteiger partial charge on any atom is 0.230 e. The first-order chi connectivity index (χ1) is 11.2. The van der Waals surface area contributed by atoms with E-state index in [0.29, 0.717) is 10.9 Å². The van der Waals surface area contributed by atoms with E-state index in [-0.39, 0.29) is 11.9 Å². The van der Waals surface area contributed by atoms with E-state index in [1.165, 1.54) is 29.5 Å². The number of thioether (sulfide) groups is 1. The second-order valence-corrected chi connectivity index (χ2v) is 7.55. The quantitative estimate of drug-likeness (QED) is 0.506. The number of H-pyrrole nitrogens is 1. The Hall–Kier alpha value is -1.34. The van der Waals surface area contributed by atoms with E-state index in [2.05, 4.69) is 40.4 Å². The normalized spacial score (nSPS) is 12.3. The Balaban J connectivity index is 1.69. The molecule has 5 nitrogen and oxygen atoms in total. The van der Waals surface area contributed by atoms with Gasteiger partial charge in [-0.3, -0.25) is 9.89 Å². The molecule has 0 radical (unpaired) electrons. The maximum absolute atomic E-state index is 11.9. The number of carbonyl (C=O) groups excluding carboxylic acids is 1. The first kappa shape index (κ1) is 18.0. The second kappa shape index (κ2) is 9.72. The Morgan fingerprint density at radius 2 is 2.35 bits per heavy atom. The van der Waals surface area contributed by atoms with Crippen LogP contribution in [0.25, 0.3) is 0 Å². The molecule has 1 atom stereocenters. The van der Waals surface area contributed by atoms with Crippen LogP contribution in [0.5, 0.6) is 0 Å². The molecule has 0 saturated carbocycles. The number of carbonyl (C=O) groups is 1. The summed E-state index contributed by atoms with van der Waals surface area (Å²) in [5, 5.41) is 12.8. The lowest BCUT2D eigenvalue weighted by Gasteiger charge is -2.12. The van der Waals surface area contributed by atoms with Crippen LogP contribution in [0.2, 0.25) is 0 Å². The number of amides is 1. The van der Waals surface area contributed by atoms with E-state index >= 15 is 0 Å². The molecule has 0 saturated heterocycles. The third kappa shape index (κ3) is 6.74. The minimum absolute atomic E-state index is 0.0450. The fraction of sp³-hybridized carbons (Fsp3) is 0.562. The van der Waals surface area contributed by atoms with Gasteiger partial charge in [0.15, 0.2) is 0 Å². The van der Waals surface area contributed by atoms with Crippen LogP contribution < -0.4 is 5.32 Å². The summed E-state index contributed by atoms with van der Waals surface area (Å²) in [5.41, 5.74) is 0. The number of nitrogens with one attached hydrogen (secondary N) is 2. The molecule has 0 spiro atoms. The maximum atomic E-state index is 11.9. The van der Waals surface area contributed by atoms with Crippen LogP contribution in [0.1, 0.15) is 50.2 Å². The number of hydrogen-bond donors (Lipinski definition) is 2. The fourth-order valence-corrected chi connectivity index (χ4v) is 3.56. The number of nitrogens with zero attached hydrogens (tertiary/aromatic N) is 2. The molecular weight excluding hydrogens is 328 g/mol. The van der Waals surface area contributed by atoms with E-state index in [4.69, 9.17) is 0 Å². The van der Waals surface area contributed by atoms with Crippen molar-refractivity contribution in [2.24, 2.45) is 0 Å². The van der Waals surface area contributed by atoms with Gasteiger partial charge in [0, 0.05) is 17.3 Å². The van der Waals surface area contributed by atoms with Crippen molar-refractivity contribution in [1.29, 1.82) is 0 Å². The van der Waals surface area contributed by atoms with Crippen molar-refractivity contribution in [3.8, 4) is 0 Å². The van der Waals surface area contributed by atoms with E-state index in [1.54, 1.807) is 11.3 Å². The summed E-state index contributed by atoms with van der Waals surface area (Å²) in [6.07, 6.45) is 5.38. The highest BCUT2D eigenvalue weighted by Gasteiger charge is 2.10. The zero-order chi connectivity index (χ0) is 16.5. The lowest BCUT2D eigenvalue weighted by molar-refractivity contribution is -0.119. The van der Waals surface area contributed by atoms with Gasteiger partial charge in [-0.1, -0.05) is 44.0 Å². The lowest BCUT2D eigenvalue weighted by atomic mass is 10.1. The number of rotatable bonds is 10. The molecule has 126 valence electrons. The predicted molar refractivity (Wildman–Crippen MR) is 96.0 cm³/mol. The molecule has 1 unspecified atom stereocenters. The van der Waals surface area contributed by atoms with Crippen molar-refractivity contribution >= 4 is 29.0 Å². The first-order valence-electron chi connectivity index (χ1n) is 8.03. The molecule has 2 aromatic heterocycles. The highest BCUT2D eigenvalue weighted by Crippen LogP contribution is 2.16. The molecule has 0 aliphatic carbocycles. The van der Waals surface area contributed by atoms with Gasteiger partial charge in [0.05, 0.1) is 5.75 Å². The van der Waals surface area contributed by atoms with Crippen LogP contribution in [0.3, 0.4) is 0 Å². The Bertz CT molecular complexity index is 583. The highest BCUT2D eigenvalue weighted by molar-refractivity contribution is 7.99. The van der Waals surface area contributed by atoms with Gasteiger partial charge >= 0.3 is 0 Å². The molecule has 2 N–H and O–H groups in total. The average Bonchev–Trinajstić information content (AvgIpc) is 3.18. The third-order valence-corrected chi connectivity index (χ3v) is 5.14. The molecule has 23 heavy (non-hydrogen) atoms. The van der Waals surface area contributed by atoms with E-state index in [1.807, 2.05) is 11.4 Å². The molecule has 0 fully saturated rings. The van der Waals surface area contributed by atoms with E-state index < -0.39 is 0 Å². The SMILES string of the molecule is CCCCCC(C)NC(=O)CSc1n[nH]c(Cc2cccs2)n1. The Morgan fingerprint density at radius 3 is 3.09 bits per heavy atom. The average molecular weight is 353 g/mol. The number of aromatic amines is 1. The largest absolute Gasteiger partial charge is 0.353 e. The standard InChI is InChI=1S/C16H24N4OS2/c1-3-4-5-7-12(2)17-15(21)11-23-16-18-14(19-20-16)10-13-8-6-9-22-13/h6,8-9,12H,3-5,7,10-11H2,1-2H3,(H,17,21)(H,18,19,20). The van der Waals surface area contributed by atoms with Crippen LogP contribution in [0.15, 0.2) is 22.7 Å². The highest BCUT2D eigenvalue weighted by atomic mass is 32.2. The number of unbranched alkanes of at least 4 members (excludes halogenated alkanes) is 2. The zero-order valence-electron chi connectivity index (χ0n) is 13.7. The molecular formula is C16H24N4OS2. The second-order valence-electron chi connectivity index (χ2n) is 5.57. The predicted octanol–water partition coefficient (Wildman–Crippen LogP) is 3.63. The molecule has 2 heterocycles. The minimum Gasteiger partial charge on any atom is -0.353 e. The summed E-state index contributed by atoms with van der Waals surface area (Å²) in [5.74, 6) is 1.24. The number of thiophene rings is 1. The van der Waals surface area contributed by atoms with Crippen molar-refractivity contribution in [3.05, 3.63) is 28.2 Å². The molecule has 1 amide bonds. The fourth-order valence-electron chi connectivity index (χ4n) is 2.22. The monoisotopic (exact) mass is 352 g/mol. The van der Waals surface area contributed by atoms with Gasteiger partial charge in [0.25, 0.3) is 0 Å². The molecule has 0 bridgehead atoms. The molecule has 0 aliphatic heterocycles. The minimum atomic E-state index is 0.0450. The molecule has 0 aliphatic rings. The van der Waals surface area contributed by atoms with Crippen LogP contribution in [0, 0.1) is 0 Å². The van der Waals surface area contributed by atoms with Crippen molar-refractivity contribution in [1.82, 2.24) is 20.5 Å². The summed E-state index contributed by atoms with van der Waals surface area (Å²) in [7, 11) is 0. The van der Waals surface area contributed by atoms with Gasteiger partial charge in [0.2, 0.25) is 11.1 Å². The van der Waals surface area contributed by atoms with Gasteiger partial charge in [-0.05, 0) is 24.8 Å². The topological polar surface area (TPSA) is 70.7 Å². The smallest absolute Gasteiger partial charge is 0.230 e. The summed E-state index contributed by atoms with van der Waals surface area (Å²) >= 11 is 3.07. The summed E-state index contributed by atoms with van der Waals surface area (Å²) in [4.78, 5) is 17.6. The molecule has 0 aromatic carbocycles. The lowest BCUT2D eigenvalue weighted by Crippen LogP contribution is -2.33. The van der Waals surface area contributed by atoms with Gasteiger partial charge < -0.3 is 5.32 Å². The number of hydrogen-bond acceptors (Lipinski definition) is 5. The van der Waals surface area contributed by atoms with Gasteiger partial charge in [-0.2, -0.15) is 0 Å².